The lowest BCUT2D eigenvalue weighted by Crippen LogP contribution is -2.16. The number of hydrogen-bond acceptors (Lipinski definition) is 2. The second-order valence-corrected chi connectivity index (χ2v) is 3.58. The first-order valence-corrected chi connectivity index (χ1v) is 4.75. The predicted octanol–water partition coefficient (Wildman–Crippen LogP) is 2.11. The highest BCUT2D eigenvalue weighted by atomic mass is 16.1. The standard InChI is InChI=1S/C10H16O2/c1-2-9(11)7-8-3-5-10(12)6-4-8/h8H,2-7H2,1H3. The van der Waals surface area contributed by atoms with Crippen molar-refractivity contribution in [2.45, 2.75) is 45.4 Å². The molecule has 0 spiro atoms. The fraction of sp³-hybridized carbons (Fsp3) is 0.800. The van der Waals surface area contributed by atoms with Gasteiger partial charge in [-0.25, -0.2) is 0 Å². The molecule has 0 amide bonds. The lowest BCUT2D eigenvalue weighted by atomic mass is 9.85. The molecule has 2 nitrogen and oxygen atoms in total. The third-order valence-corrected chi connectivity index (χ3v) is 2.57. The van der Waals surface area contributed by atoms with E-state index in [9.17, 15) is 9.59 Å². The van der Waals surface area contributed by atoms with Crippen molar-refractivity contribution >= 4 is 11.6 Å². The maximum absolute atomic E-state index is 11.1. The molecule has 0 aromatic carbocycles. The van der Waals surface area contributed by atoms with Crippen molar-refractivity contribution in [2.75, 3.05) is 0 Å². The molecule has 1 saturated carbocycles. The molecule has 0 unspecified atom stereocenters. The molecule has 0 aromatic rings. The Kier molecular flexibility index (Phi) is 3.45. The van der Waals surface area contributed by atoms with Gasteiger partial charge in [-0.05, 0) is 18.8 Å². The summed E-state index contributed by atoms with van der Waals surface area (Å²) in [5.74, 6) is 1.21. The maximum atomic E-state index is 11.1. The van der Waals surface area contributed by atoms with Crippen LogP contribution in [0.5, 0.6) is 0 Å². The van der Waals surface area contributed by atoms with Gasteiger partial charge in [0.05, 0.1) is 0 Å². The Morgan fingerprint density at radius 3 is 2.50 bits per heavy atom. The molecule has 0 aromatic heterocycles. The molecule has 0 heterocycles. The summed E-state index contributed by atoms with van der Waals surface area (Å²) < 4.78 is 0. The van der Waals surface area contributed by atoms with E-state index in [-0.39, 0.29) is 0 Å². The van der Waals surface area contributed by atoms with Crippen LogP contribution in [0.2, 0.25) is 0 Å². The Labute approximate surface area is 73.3 Å². The van der Waals surface area contributed by atoms with E-state index >= 15 is 0 Å². The summed E-state index contributed by atoms with van der Waals surface area (Å²) in [7, 11) is 0. The molecule has 12 heavy (non-hydrogen) atoms. The minimum Gasteiger partial charge on any atom is -0.300 e. The molecule has 0 N–H and O–H groups in total. The second kappa shape index (κ2) is 4.39. The third-order valence-electron chi connectivity index (χ3n) is 2.57. The average Bonchev–Trinajstić information content (AvgIpc) is 2.09. The van der Waals surface area contributed by atoms with Crippen LogP contribution in [0.4, 0.5) is 0 Å². The molecule has 0 saturated heterocycles. The Bertz CT molecular complexity index is 174. The summed E-state index contributed by atoms with van der Waals surface area (Å²) in [5, 5.41) is 0. The van der Waals surface area contributed by atoms with Crippen LogP contribution < -0.4 is 0 Å². The lowest BCUT2D eigenvalue weighted by molar-refractivity contribution is -0.123. The Morgan fingerprint density at radius 2 is 2.00 bits per heavy atom. The van der Waals surface area contributed by atoms with Crippen molar-refractivity contribution in [2.24, 2.45) is 5.92 Å². The normalized spacial score (nSPS) is 19.6. The molecular formula is C10H16O2. The topological polar surface area (TPSA) is 34.1 Å². The first kappa shape index (κ1) is 9.43. The third kappa shape index (κ3) is 2.76. The van der Waals surface area contributed by atoms with Crippen LogP contribution in [0.15, 0.2) is 0 Å². The van der Waals surface area contributed by atoms with Crippen LogP contribution in [0.3, 0.4) is 0 Å². The highest BCUT2D eigenvalue weighted by molar-refractivity contribution is 5.80. The first-order valence-electron chi connectivity index (χ1n) is 4.75. The predicted molar refractivity (Wildman–Crippen MR) is 46.9 cm³/mol. The van der Waals surface area contributed by atoms with Gasteiger partial charge in [-0.1, -0.05) is 6.92 Å². The van der Waals surface area contributed by atoms with E-state index in [1.54, 1.807) is 0 Å². The molecule has 0 aliphatic heterocycles. The number of Topliss-reactive ketones (excluding diaryl/α,β-unsaturated/α-hetero) is 2. The van der Waals surface area contributed by atoms with Crippen LogP contribution in [0.1, 0.15) is 45.4 Å². The fourth-order valence-corrected chi connectivity index (χ4v) is 1.67. The van der Waals surface area contributed by atoms with E-state index in [4.69, 9.17) is 0 Å². The summed E-state index contributed by atoms with van der Waals surface area (Å²) in [4.78, 5) is 22.0. The van der Waals surface area contributed by atoms with Gasteiger partial charge >= 0.3 is 0 Å². The molecule has 1 aliphatic rings. The highest BCUT2D eigenvalue weighted by Gasteiger charge is 2.20. The van der Waals surface area contributed by atoms with Crippen molar-refractivity contribution in [1.82, 2.24) is 0 Å². The van der Waals surface area contributed by atoms with Crippen molar-refractivity contribution in [3.63, 3.8) is 0 Å². The summed E-state index contributed by atoms with van der Waals surface area (Å²) in [6, 6.07) is 0. The summed E-state index contributed by atoms with van der Waals surface area (Å²) in [5.41, 5.74) is 0. The van der Waals surface area contributed by atoms with Crippen molar-refractivity contribution in [3.05, 3.63) is 0 Å². The first-order chi connectivity index (χ1) is 5.72. The Morgan fingerprint density at radius 1 is 1.42 bits per heavy atom. The van der Waals surface area contributed by atoms with Gasteiger partial charge in [-0.15, -0.1) is 0 Å². The van der Waals surface area contributed by atoms with Gasteiger partial charge in [-0.2, -0.15) is 0 Å². The molecule has 1 rings (SSSR count). The molecular weight excluding hydrogens is 152 g/mol. The van der Waals surface area contributed by atoms with E-state index in [1.165, 1.54) is 0 Å². The number of rotatable bonds is 3. The minimum absolute atomic E-state index is 0.342. The number of carbonyl (C=O) groups excluding carboxylic acids is 2. The van der Waals surface area contributed by atoms with Crippen LogP contribution in [0.25, 0.3) is 0 Å². The zero-order valence-corrected chi connectivity index (χ0v) is 7.64. The molecule has 1 aliphatic carbocycles. The molecule has 0 bridgehead atoms. The van der Waals surface area contributed by atoms with Gasteiger partial charge < -0.3 is 0 Å². The maximum Gasteiger partial charge on any atom is 0.132 e. The van der Waals surface area contributed by atoms with Crippen molar-refractivity contribution < 1.29 is 9.59 Å². The lowest BCUT2D eigenvalue weighted by Gasteiger charge is -2.19. The fourth-order valence-electron chi connectivity index (χ4n) is 1.67. The minimum atomic E-state index is 0.342. The highest BCUT2D eigenvalue weighted by Crippen LogP contribution is 2.24. The summed E-state index contributed by atoms with van der Waals surface area (Å²) in [6.07, 6.45) is 4.60. The molecule has 1 fully saturated rings. The van der Waals surface area contributed by atoms with Gasteiger partial charge in [0.25, 0.3) is 0 Å². The summed E-state index contributed by atoms with van der Waals surface area (Å²) in [6.45, 7) is 1.90. The number of carbonyl (C=O) groups is 2. The molecule has 68 valence electrons. The summed E-state index contributed by atoms with van der Waals surface area (Å²) >= 11 is 0. The molecule has 0 radical (unpaired) electrons. The van der Waals surface area contributed by atoms with Crippen LogP contribution >= 0.6 is 0 Å². The Hall–Kier alpha value is -0.660. The van der Waals surface area contributed by atoms with Gasteiger partial charge in [0.2, 0.25) is 0 Å². The zero-order chi connectivity index (χ0) is 8.97. The van der Waals surface area contributed by atoms with Crippen molar-refractivity contribution in [1.29, 1.82) is 0 Å². The van der Waals surface area contributed by atoms with Gasteiger partial charge in [0, 0.05) is 25.7 Å². The second-order valence-electron chi connectivity index (χ2n) is 3.58. The average molecular weight is 168 g/mol. The van der Waals surface area contributed by atoms with E-state index in [1.807, 2.05) is 6.92 Å². The number of hydrogen-bond donors (Lipinski definition) is 0. The van der Waals surface area contributed by atoms with Crippen LogP contribution in [-0.2, 0) is 9.59 Å². The van der Waals surface area contributed by atoms with Gasteiger partial charge in [0.1, 0.15) is 11.6 Å². The molecule has 2 heteroatoms. The van der Waals surface area contributed by atoms with Crippen LogP contribution in [-0.4, -0.2) is 11.6 Å². The van der Waals surface area contributed by atoms with E-state index < -0.39 is 0 Å². The molecule has 0 atom stereocenters. The smallest absolute Gasteiger partial charge is 0.132 e. The van der Waals surface area contributed by atoms with Gasteiger partial charge in [0.15, 0.2) is 0 Å². The van der Waals surface area contributed by atoms with E-state index in [0.717, 1.165) is 12.8 Å². The van der Waals surface area contributed by atoms with E-state index in [0.29, 0.717) is 43.2 Å². The van der Waals surface area contributed by atoms with Crippen LogP contribution in [0, 0.1) is 5.92 Å². The Balaban J connectivity index is 2.26. The van der Waals surface area contributed by atoms with Crippen molar-refractivity contribution in [3.8, 4) is 0 Å². The quantitative estimate of drug-likeness (QED) is 0.646. The monoisotopic (exact) mass is 168 g/mol. The number of ketones is 2. The van der Waals surface area contributed by atoms with Gasteiger partial charge in [-0.3, -0.25) is 9.59 Å². The SMILES string of the molecule is CCC(=O)CC1CCC(=O)CC1. The van der Waals surface area contributed by atoms with E-state index in [2.05, 4.69) is 0 Å². The zero-order valence-electron chi connectivity index (χ0n) is 7.64. The largest absolute Gasteiger partial charge is 0.300 e.